The van der Waals surface area contributed by atoms with Crippen LogP contribution in [0.5, 0.6) is 0 Å². The SMILES string of the molecule is COC(=O)c1cccc(COSC)c1. The molecule has 0 atom stereocenters. The number of hydrogen-bond acceptors (Lipinski definition) is 4. The summed E-state index contributed by atoms with van der Waals surface area (Å²) in [7, 11) is 1.37. The van der Waals surface area contributed by atoms with Crippen molar-refractivity contribution in [1.82, 2.24) is 0 Å². The fraction of sp³-hybridized carbons (Fsp3) is 0.300. The normalized spacial score (nSPS) is 9.86. The molecule has 0 aliphatic rings. The highest BCUT2D eigenvalue weighted by Gasteiger charge is 2.05. The highest BCUT2D eigenvalue weighted by atomic mass is 32.2. The van der Waals surface area contributed by atoms with Gasteiger partial charge in [0.05, 0.1) is 19.3 Å². The smallest absolute Gasteiger partial charge is 0.337 e. The molecule has 0 saturated heterocycles. The highest BCUT2D eigenvalue weighted by molar-refractivity contribution is 7.93. The third kappa shape index (κ3) is 3.05. The Morgan fingerprint density at radius 3 is 2.93 bits per heavy atom. The van der Waals surface area contributed by atoms with Crippen molar-refractivity contribution in [3.05, 3.63) is 35.4 Å². The molecule has 0 N–H and O–H groups in total. The van der Waals surface area contributed by atoms with Crippen LogP contribution in [0.2, 0.25) is 0 Å². The van der Waals surface area contributed by atoms with Gasteiger partial charge in [0, 0.05) is 6.26 Å². The fourth-order valence-electron chi connectivity index (χ4n) is 1.03. The van der Waals surface area contributed by atoms with Gasteiger partial charge in [0.1, 0.15) is 0 Å². The van der Waals surface area contributed by atoms with Crippen LogP contribution >= 0.6 is 12.0 Å². The summed E-state index contributed by atoms with van der Waals surface area (Å²) in [5.41, 5.74) is 1.51. The molecule has 14 heavy (non-hydrogen) atoms. The maximum absolute atomic E-state index is 11.2. The third-order valence-electron chi connectivity index (χ3n) is 1.69. The Morgan fingerprint density at radius 2 is 2.29 bits per heavy atom. The first-order valence-electron chi connectivity index (χ1n) is 4.11. The molecular weight excluding hydrogens is 200 g/mol. The van der Waals surface area contributed by atoms with Crippen LogP contribution in [0.15, 0.2) is 24.3 Å². The molecule has 0 aromatic heterocycles. The van der Waals surface area contributed by atoms with Gasteiger partial charge in [-0.2, -0.15) is 0 Å². The summed E-state index contributed by atoms with van der Waals surface area (Å²) in [6.45, 7) is 0.492. The summed E-state index contributed by atoms with van der Waals surface area (Å²) in [6.07, 6.45) is 1.85. The number of rotatable bonds is 4. The van der Waals surface area contributed by atoms with Crippen LogP contribution in [-0.2, 0) is 15.5 Å². The molecule has 0 spiro atoms. The molecule has 0 unspecified atom stereocenters. The second-order valence-electron chi connectivity index (χ2n) is 2.62. The number of carbonyl (C=O) groups is 1. The van der Waals surface area contributed by atoms with Crippen LogP contribution in [0.1, 0.15) is 15.9 Å². The molecule has 3 nitrogen and oxygen atoms in total. The average Bonchev–Trinajstić information content (AvgIpc) is 2.25. The van der Waals surface area contributed by atoms with Crippen molar-refractivity contribution in [1.29, 1.82) is 0 Å². The predicted octanol–water partition coefficient (Wildman–Crippen LogP) is 2.27. The average molecular weight is 212 g/mol. The van der Waals surface area contributed by atoms with Crippen molar-refractivity contribution in [3.63, 3.8) is 0 Å². The van der Waals surface area contributed by atoms with E-state index in [1.54, 1.807) is 12.1 Å². The summed E-state index contributed by atoms with van der Waals surface area (Å²) >= 11 is 1.30. The monoisotopic (exact) mass is 212 g/mol. The number of hydrogen-bond donors (Lipinski definition) is 0. The standard InChI is InChI=1S/C10H12O3S/c1-12-10(11)9-5-3-4-8(6-9)7-13-14-2/h3-6H,7H2,1-2H3. The molecule has 0 saturated carbocycles. The second-order valence-corrected chi connectivity index (χ2v) is 3.19. The number of carbonyl (C=O) groups excluding carboxylic acids is 1. The minimum absolute atomic E-state index is 0.323. The summed E-state index contributed by atoms with van der Waals surface area (Å²) in [6, 6.07) is 7.20. The molecule has 0 heterocycles. The van der Waals surface area contributed by atoms with Crippen molar-refractivity contribution >= 4 is 18.0 Å². The van der Waals surface area contributed by atoms with E-state index in [1.165, 1.54) is 19.2 Å². The van der Waals surface area contributed by atoms with E-state index in [0.717, 1.165) is 5.56 Å². The maximum Gasteiger partial charge on any atom is 0.337 e. The zero-order valence-electron chi connectivity index (χ0n) is 8.15. The maximum atomic E-state index is 11.2. The molecular formula is C10H12O3S. The minimum Gasteiger partial charge on any atom is -0.465 e. The zero-order chi connectivity index (χ0) is 10.4. The molecule has 0 amide bonds. The zero-order valence-corrected chi connectivity index (χ0v) is 8.97. The van der Waals surface area contributed by atoms with Crippen LogP contribution in [0.25, 0.3) is 0 Å². The molecule has 1 rings (SSSR count). The number of benzene rings is 1. The second kappa shape index (κ2) is 5.67. The van der Waals surface area contributed by atoms with Gasteiger partial charge >= 0.3 is 5.97 Å². The number of ether oxygens (including phenoxy) is 1. The van der Waals surface area contributed by atoms with E-state index in [-0.39, 0.29) is 5.97 Å². The van der Waals surface area contributed by atoms with Gasteiger partial charge in [-0.05, 0) is 29.7 Å². The first-order valence-corrected chi connectivity index (χ1v) is 5.25. The molecule has 0 aliphatic heterocycles. The lowest BCUT2D eigenvalue weighted by molar-refractivity contribution is 0.0600. The van der Waals surface area contributed by atoms with Gasteiger partial charge < -0.3 is 8.92 Å². The van der Waals surface area contributed by atoms with Crippen LogP contribution in [-0.4, -0.2) is 19.3 Å². The van der Waals surface area contributed by atoms with Gasteiger partial charge in [0.2, 0.25) is 0 Å². The van der Waals surface area contributed by atoms with Crippen molar-refractivity contribution < 1.29 is 13.7 Å². The molecule has 0 radical (unpaired) electrons. The number of esters is 1. The van der Waals surface area contributed by atoms with Crippen LogP contribution in [0, 0.1) is 0 Å². The highest BCUT2D eigenvalue weighted by Crippen LogP contribution is 2.10. The van der Waals surface area contributed by atoms with E-state index < -0.39 is 0 Å². The molecule has 1 aromatic rings. The molecule has 76 valence electrons. The van der Waals surface area contributed by atoms with Crippen molar-refractivity contribution in [3.8, 4) is 0 Å². The quantitative estimate of drug-likeness (QED) is 0.566. The Bertz CT molecular complexity index is 312. The van der Waals surface area contributed by atoms with Gasteiger partial charge in [-0.25, -0.2) is 4.79 Å². The third-order valence-corrected chi connectivity index (χ3v) is 2.05. The lowest BCUT2D eigenvalue weighted by Crippen LogP contribution is -2.01. The minimum atomic E-state index is -0.323. The van der Waals surface area contributed by atoms with E-state index in [9.17, 15) is 4.79 Å². The van der Waals surface area contributed by atoms with Gasteiger partial charge in [-0.1, -0.05) is 12.1 Å². The van der Waals surface area contributed by atoms with E-state index >= 15 is 0 Å². The topological polar surface area (TPSA) is 35.5 Å². The Kier molecular flexibility index (Phi) is 4.49. The van der Waals surface area contributed by atoms with Gasteiger partial charge in [-0.15, -0.1) is 0 Å². The molecule has 0 fully saturated rings. The predicted molar refractivity (Wildman–Crippen MR) is 56.1 cm³/mol. The van der Waals surface area contributed by atoms with Gasteiger partial charge in [0.15, 0.2) is 0 Å². The number of methoxy groups -OCH3 is 1. The van der Waals surface area contributed by atoms with Gasteiger partial charge in [-0.3, -0.25) is 0 Å². The summed E-state index contributed by atoms with van der Waals surface area (Å²) in [5, 5.41) is 0. The van der Waals surface area contributed by atoms with E-state index in [1.807, 2.05) is 18.4 Å². The molecule has 4 heteroatoms. The first kappa shape index (κ1) is 11.1. The molecule has 0 aliphatic carbocycles. The summed E-state index contributed by atoms with van der Waals surface area (Å²) in [4.78, 5) is 11.2. The van der Waals surface area contributed by atoms with Crippen LogP contribution < -0.4 is 0 Å². The van der Waals surface area contributed by atoms with E-state index in [0.29, 0.717) is 12.2 Å². The summed E-state index contributed by atoms with van der Waals surface area (Å²) in [5.74, 6) is -0.323. The van der Waals surface area contributed by atoms with Gasteiger partial charge in [0.25, 0.3) is 0 Å². The van der Waals surface area contributed by atoms with Crippen molar-refractivity contribution in [2.45, 2.75) is 6.61 Å². The first-order chi connectivity index (χ1) is 6.77. The Hall–Kier alpha value is -1.00. The van der Waals surface area contributed by atoms with Crippen LogP contribution in [0.4, 0.5) is 0 Å². The fourth-order valence-corrected chi connectivity index (χ4v) is 1.29. The lowest BCUT2D eigenvalue weighted by atomic mass is 10.1. The Labute approximate surface area is 87.6 Å². The van der Waals surface area contributed by atoms with Crippen molar-refractivity contribution in [2.24, 2.45) is 0 Å². The van der Waals surface area contributed by atoms with E-state index in [4.69, 9.17) is 4.18 Å². The Morgan fingerprint density at radius 1 is 1.50 bits per heavy atom. The molecule has 1 aromatic carbocycles. The van der Waals surface area contributed by atoms with E-state index in [2.05, 4.69) is 4.74 Å². The van der Waals surface area contributed by atoms with Crippen LogP contribution in [0.3, 0.4) is 0 Å². The van der Waals surface area contributed by atoms with Crippen molar-refractivity contribution in [2.75, 3.05) is 13.4 Å². The summed E-state index contributed by atoms with van der Waals surface area (Å²) < 4.78 is 9.76. The largest absolute Gasteiger partial charge is 0.465 e. The molecule has 0 bridgehead atoms. The lowest BCUT2D eigenvalue weighted by Gasteiger charge is -2.03. The Balaban J connectivity index is 2.73.